The van der Waals surface area contributed by atoms with Crippen LogP contribution in [0, 0.1) is 13.8 Å². The quantitative estimate of drug-likeness (QED) is 0.865. The fraction of sp³-hybridized carbons (Fsp3) is 0.167. The van der Waals surface area contributed by atoms with Crippen molar-refractivity contribution in [2.24, 2.45) is 5.73 Å². The number of hydrogen-bond donors (Lipinski definition) is 1. The third-order valence-corrected chi connectivity index (χ3v) is 3.45. The van der Waals surface area contributed by atoms with Crippen LogP contribution in [0.3, 0.4) is 0 Å². The van der Waals surface area contributed by atoms with E-state index in [-0.39, 0.29) is 0 Å². The summed E-state index contributed by atoms with van der Waals surface area (Å²) in [6.45, 7) is 3.75. The molecule has 0 unspecified atom stereocenters. The second kappa shape index (κ2) is 4.06. The van der Waals surface area contributed by atoms with Gasteiger partial charge in [0.2, 0.25) is 5.91 Å². The van der Waals surface area contributed by atoms with Crippen LogP contribution in [0.4, 0.5) is 0 Å². The van der Waals surface area contributed by atoms with E-state index < -0.39 is 5.91 Å². The lowest BCUT2D eigenvalue weighted by atomic mass is 10.1. The van der Waals surface area contributed by atoms with Crippen molar-refractivity contribution in [2.45, 2.75) is 13.8 Å². The van der Waals surface area contributed by atoms with Crippen LogP contribution in [0.5, 0.6) is 0 Å². The summed E-state index contributed by atoms with van der Waals surface area (Å²) in [5, 5.41) is 1.98. The molecule has 0 bridgehead atoms. The summed E-state index contributed by atoms with van der Waals surface area (Å²) in [5.41, 5.74) is 8.41. The number of pyridine rings is 1. The van der Waals surface area contributed by atoms with E-state index in [2.05, 4.69) is 4.98 Å². The number of primary amides is 1. The number of hydrogen-bond acceptors (Lipinski definition) is 3. The highest BCUT2D eigenvalue weighted by Crippen LogP contribution is 2.25. The van der Waals surface area contributed by atoms with Gasteiger partial charge in [-0.3, -0.25) is 9.78 Å². The molecule has 0 radical (unpaired) electrons. The number of rotatable bonds is 2. The zero-order valence-corrected chi connectivity index (χ0v) is 9.97. The van der Waals surface area contributed by atoms with E-state index in [0.717, 1.165) is 21.8 Å². The van der Waals surface area contributed by atoms with E-state index in [1.54, 1.807) is 17.4 Å². The molecule has 1 amide bonds. The second-order valence-electron chi connectivity index (χ2n) is 3.61. The lowest BCUT2D eigenvalue weighted by Crippen LogP contribution is -2.14. The molecule has 0 aliphatic rings. The van der Waals surface area contributed by atoms with E-state index in [1.165, 1.54) is 0 Å². The molecule has 4 heteroatoms. The van der Waals surface area contributed by atoms with Gasteiger partial charge in [0, 0.05) is 11.3 Å². The summed E-state index contributed by atoms with van der Waals surface area (Å²) < 4.78 is 0. The molecule has 0 aromatic carbocycles. The lowest BCUT2D eigenvalue weighted by Gasteiger charge is -2.07. The van der Waals surface area contributed by atoms with Gasteiger partial charge in [0.25, 0.3) is 0 Å². The number of carbonyl (C=O) groups excluding carboxylic acids is 1. The highest BCUT2D eigenvalue weighted by Gasteiger charge is 2.11. The first-order valence-corrected chi connectivity index (χ1v) is 5.79. The first-order chi connectivity index (χ1) is 7.59. The maximum Gasteiger partial charge on any atom is 0.249 e. The van der Waals surface area contributed by atoms with E-state index in [4.69, 9.17) is 5.73 Å². The Bertz CT molecular complexity index is 532. The minimum absolute atomic E-state index is 0.402. The Morgan fingerprint density at radius 3 is 2.75 bits per heavy atom. The molecule has 0 atom stereocenters. The van der Waals surface area contributed by atoms with Crippen molar-refractivity contribution in [1.29, 1.82) is 0 Å². The molecular weight excluding hydrogens is 220 g/mol. The first kappa shape index (κ1) is 10.8. The number of carbonyl (C=O) groups is 1. The van der Waals surface area contributed by atoms with Crippen LogP contribution < -0.4 is 5.73 Å². The fourth-order valence-electron chi connectivity index (χ4n) is 1.54. The van der Waals surface area contributed by atoms with Crippen molar-refractivity contribution in [3.8, 4) is 10.6 Å². The normalized spacial score (nSPS) is 10.4. The Labute approximate surface area is 97.9 Å². The summed E-state index contributed by atoms with van der Waals surface area (Å²) in [4.78, 5) is 16.8. The van der Waals surface area contributed by atoms with Crippen LogP contribution in [0.15, 0.2) is 23.6 Å². The monoisotopic (exact) mass is 232 g/mol. The number of thiophene rings is 1. The van der Waals surface area contributed by atoms with Gasteiger partial charge in [0.15, 0.2) is 0 Å². The Hall–Kier alpha value is -1.68. The first-order valence-electron chi connectivity index (χ1n) is 4.91. The number of aromatic nitrogens is 1. The van der Waals surface area contributed by atoms with E-state index in [9.17, 15) is 4.79 Å². The van der Waals surface area contributed by atoms with Crippen molar-refractivity contribution in [2.75, 3.05) is 0 Å². The average Bonchev–Trinajstić information content (AvgIpc) is 2.74. The topological polar surface area (TPSA) is 56.0 Å². The van der Waals surface area contributed by atoms with Crippen molar-refractivity contribution in [1.82, 2.24) is 4.98 Å². The SMILES string of the molecule is Cc1nc(-c2cccs2)cc(C(N)=O)c1C. The van der Waals surface area contributed by atoms with Crippen molar-refractivity contribution in [3.63, 3.8) is 0 Å². The molecule has 0 aliphatic heterocycles. The smallest absolute Gasteiger partial charge is 0.249 e. The van der Waals surface area contributed by atoms with Gasteiger partial charge in [0.05, 0.1) is 10.6 Å². The van der Waals surface area contributed by atoms with Gasteiger partial charge in [-0.1, -0.05) is 6.07 Å². The Morgan fingerprint density at radius 1 is 1.44 bits per heavy atom. The highest BCUT2D eigenvalue weighted by molar-refractivity contribution is 7.13. The van der Waals surface area contributed by atoms with Gasteiger partial charge < -0.3 is 5.73 Å². The molecule has 2 rings (SSSR count). The lowest BCUT2D eigenvalue weighted by molar-refractivity contribution is 0.0999. The molecule has 2 aromatic rings. The van der Waals surface area contributed by atoms with Crippen molar-refractivity contribution < 1.29 is 4.79 Å². The molecule has 16 heavy (non-hydrogen) atoms. The number of amides is 1. The minimum Gasteiger partial charge on any atom is -0.366 e. The van der Waals surface area contributed by atoms with Gasteiger partial charge in [-0.05, 0) is 36.9 Å². The summed E-state index contributed by atoms with van der Waals surface area (Å²) in [7, 11) is 0. The van der Waals surface area contributed by atoms with E-state index in [1.807, 2.05) is 31.4 Å². The van der Waals surface area contributed by atoms with Crippen LogP contribution in [0.2, 0.25) is 0 Å². The van der Waals surface area contributed by atoms with Crippen LogP contribution in [0.25, 0.3) is 10.6 Å². The molecule has 0 saturated heterocycles. The summed E-state index contributed by atoms with van der Waals surface area (Å²) >= 11 is 1.60. The van der Waals surface area contributed by atoms with Crippen LogP contribution in [-0.2, 0) is 0 Å². The maximum absolute atomic E-state index is 11.3. The number of aryl methyl sites for hydroxylation is 1. The third kappa shape index (κ3) is 1.84. The molecule has 82 valence electrons. The molecule has 0 spiro atoms. The van der Waals surface area contributed by atoms with Crippen molar-refractivity contribution in [3.05, 3.63) is 40.4 Å². The predicted octanol–water partition coefficient (Wildman–Crippen LogP) is 2.53. The summed E-state index contributed by atoms with van der Waals surface area (Å²) in [5.74, 6) is -0.402. The highest BCUT2D eigenvalue weighted by atomic mass is 32.1. The summed E-state index contributed by atoms with van der Waals surface area (Å²) in [6, 6.07) is 5.70. The zero-order chi connectivity index (χ0) is 11.7. The largest absolute Gasteiger partial charge is 0.366 e. The van der Waals surface area contributed by atoms with Crippen LogP contribution in [0.1, 0.15) is 21.6 Å². The molecule has 2 heterocycles. The van der Waals surface area contributed by atoms with Gasteiger partial charge >= 0.3 is 0 Å². The van der Waals surface area contributed by atoms with E-state index in [0.29, 0.717) is 5.56 Å². The standard InChI is InChI=1S/C12H12N2OS/c1-7-8(2)14-10(6-9(7)12(13)15)11-4-3-5-16-11/h3-6H,1-2H3,(H2,13,15). The Morgan fingerprint density at radius 2 is 2.19 bits per heavy atom. The van der Waals surface area contributed by atoms with Crippen molar-refractivity contribution >= 4 is 17.2 Å². The number of nitrogens with two attached hydrogens (primary N) is 1. The minimum atomic E-state index is -0.402. The molecule has 3 nitrogen and oxygen atoms in total. The Kier molecular flexibility index (Phi) is 2.75. The summed E-state index contributed by atoms with van der Waals surface area (Å²) in [6.07, 6.45) is 0. The van der Waals surface area contributed by atoms with Gasteiger partial charge in [-0.15, -0.1) is 11.3 Å². The van der Waals surface area contributed by atoms with E-state index >= 15 is 0 Å². The maximum atomic E-state index is 11.3. The fourth-order valence-corrected chi connectivity index (χ4v) is 2.23. The van der Waals surface area contributed by atoms with Gasteiger partial charge in [-0.25, -0.2) is 0 Å². The van der Waals surface area contributed by atoms with Crippen LogP contribution >= 0.6 is 11.3 Å². The second-order valence-corrected chi connectivity index (χ2v) is 4.55. The predicted molar refractivity (Wildman–Crippen MR) is 65.5 cm³/mol. The van der Waals surface area contributed by atoms with Gasteiger partial charge in [-0.2, -0.15) is 0 Å². The zero-order valence-electron chi connectivity index (χ0n) is 9.15. The molecular formula is C12H12N2OS. The Balaban J connectivity index is 2.62. The average molecular weight is 232 g/mol. The molecule has 0 aliphatic carbocycles. The molecule has 0 saturated carbocycles. The number of nitrogens with zero attached hydrogens (tertiary/aromatic N) is 1. The molecule has 2 N–H and O–H groups in total. The molecule has 0 fully saturated rings. The third-order valence-electron chi connectivity index (χ3n) is 2.56. The van der Waals surface area contributed by atoms with Crippen LogP contribution in [-0.4, -0.2) is 10.9 Å². The van der Waals surface area contributed by atoms with Gasteiger partial charge in [0.1, 0.15) is 0 Å². The molecule has 2 aromatic heterocycles.